The highest BCUT2D eigenvalue weighted by Crippen LogP contribution is 2.26. The van der Waals surface area contributed by atoms with E-state index < -0.39 is 11.8 Å². The van der Waals surface area contributed by atoms with E-state index in [1.807, 2.05) is 18.2 Å². The third-order valence-electron chi connectivity index (χ3n) is 2.68. The quantitative estimate of drug-likeness (QED) is 0.420. The van der Waals surface area contributed by atoms with Crippen LogP contribution < -0.4 is 16.5 Å². The zero-order chi connectivity index (χ0) is 14.5. The van der Waals surface area contributed by atoms with Gasteiger partial charge >= 0.3 is 0 Å². The highest BCUT2D eigenvalue weighted by molar-refractivity contribution is 5.87. The first-order chi connectivity index (χ1) is 9.58. The van der Waals surface area contributed by atoms with E-state index in [0.717, 1.165) is 17.0 Å². The molecular weight excluding hydrogens is 260 g/mol. The predicted octanol–water partition coefficient (Wildman–Crippen LogP) is 1.05. The van der Waals surface area contributed by atoms with Gasteiger partial charge in [0, 0.05) is 23.9 Å². The third-order valence-corrected chi connectivity index (χ3v) is 2.68. The minimum Gasteiger partial charge on any atom is -0.370 e. The van der Waals surface area contributed by atoms with Crippen molar-refractivity contribution in [1.82, 2.24) is 10.5 Å². The number of nitrogens with zero attached hydrogens (tertiary/aromatic N) is 1. The van der Waals surface area contributed by atoms with Gasteiger partial charge in [0.1, 0.15) is 5.82 Å². The van der Waals surface area contributed by atoms with Gasteiger partial charge in [-0.2, -0.15) is 0 Å². The zero-order valence-corrected chi connectivity index (χ0v) is 10.6. The van der Waals surface area contributed by atoms with Gasteiger partial charge in [0.2, 0.25) is 11.8 Å². The van der Waals surface area contributed by atoms with E-state index in [2.05, 4.69) is 22.4 Å². The summed E-state index contributed by atoms with van der Waals surface area (Å²) in [6.07, 6.45) is -0.0990. The molecule has 2 aromatic rings. The standard InChI is InChI=1S/C9H6N2.C4H8N2O3/c1-4-9-10-7-2-3-8(11-9)6(1)5-7;5-3(7)1-2-4(8)6-9/h1-5H,(H,10,11);9H,1-2H2,(H2,5,7)(H,6,8). The molecule has 104 valence electrons. The summed E-state index contributed by atoms with van der Waals surface area (Å²) in [5.74, 6) is -0.218. The normalized spacial score (nSPS) is 10.7. The molecule has 0 saturated heterocycles. The van der Waals surface area contributed by atoms with Crippen LogP contribution in [0.3, 0.4) is 0 Å². The van der Waals surface area contributed by atoms with E-state index in [0.29, 0.717) is 0 Å². The maximum absolute atomic E-state index is 10.1. The van der Waals surface area contributed by atoms with Gasteiger partial charge in [-0.25, -0.2) is 10.5 Å². The Kier molecular flexibility index (Phi) is 4.11. The molecule has 2 amide bonds. The fourth-order valence-corrected chi connectivity index (χ4v) is 1.71. The van der Waals surface area contributed by atoms with Gasteiger partial charge < -0.3 is 11.1 Å². The summed E-state index contributed by atoms with van der Waals surface area (Å²) in [6, 6.07) is 10.3. The summed E-state index contributed by atoms with van der Waals surface area (Å²) < 4.78 is 0. The summed E-state index contributed by atoms with van der Waals surface area (Å²) in [6.45, 7) is 0. The first-order valence-corrected chi connectivity index (χ1v) is 5.97. The number of hydrogen-bond donors (Lipinski definition) is 4. The van der Waals surface area contributed by atoms with Crippen LogP contribution in [0.5, 0.6) is 0 Å². The number of anilines is 2. The summed E-state index contributed by atoms with van der Waals surface area (Å²) in [5, 5.41) is 12.3. The molecule has 0 aliphatic carbocycles. The van der Waals surface area contributed by atoms with Crippen LogP contribution >= 0.6 is 0 Å². The lowest BCUT2D eigenvalue weighted by Crippen LogP contribution is -2.21. The summed E-state index contributed by atoms with van der Waals surface area (Å²) in [4.78, 5) is 24.5. The molecule has 3 aliphatic rings. The summed E-state index contributed by atoms with van der Waals surface area (Å²) >= 11 is 0. The number of nitrogens with two attached hydrogens (primary N) is 1. The number of carbonyl (C=O) groups is 2. The van der Waals surface area contributed by atoms with Crippen LogP contribution in [-0.2, 0) is 9.59 Å². The van der Waals surface area contributed by atoms with Crippen molar-refractivity contribution in [2.45, 2.75) is 12.8 Å². The maximum atomic E-state index is 10.1. The minimum atomic E-state index is -0.603. The van der Waals surface area contributed by atoms with Gasteiger partial charge in [-0.15, -0.1) is 0 Å². The third kappa shape index (κ3) is 3.42. The lowest BCUT2D eigenvalue weighted by molar-refractivity contribution is -0.131. The van der Waals surface area contributed by atoms with Crippen LogP contribution in [0.25, 0.3) is 10.9 Å². The number of fused-ring (bicyclic) bond motifs is 2. The second-order valence-corrected chi connectivity index (χ2v) is 4.23. The molecule has 0 atom stereocenters. The average molecular weight is 274 g/mol. The number of amides is 2. The number of nitrogens with one attached hydrogen (secondary N) is 2. The van der Waals surface area contributed by atoms with Crippen molar-refractivity contribution in [3.05, 3.63) is 30.3 Å². The molecular formula is C13H14N4O3. The van der Waals surface area contributed by atoms with Crippen molar-refractivity contribution in [3.63, 3.8) is 0 Å². The molecule has 0 spiro atoms. The number of hydroxylamine groups is 1. The van der Waals surface area contributed by atoms with Crippen LogP contribution in [-0.4, -0.2) is 22.0 Å². The van der Waals surface area contributed by atoms with Gasteiger partial charge in [-0.3, -0.25) is 14.8 Å². The molecule has 5 N–H and O–H groups in total. The van der Waals surface area contributed by atoms with Crippen molar-refractivity contribution in [2.75, 3.05) is 5.32 Å². The average Bonchev–Trinajstić information content (AvgIpc) is 2.81. The van der Waals surface area contributed by atoms with Crippen LogP contribution in [0.2, 0.25) is 0 Å². The Labute approximate surface area is 114 Å². The predicted molar refractivity (Wildman–Crippen MR) is 73.4 cm³/mol. The Morgan fingerprint density at radius 2 is 2.05 bits per heavy atom. The Morgan fingerprint density at radius 1 is 1.25 bits per heavy atom. The van der Waals surface area contributed by atoms with Crippen LogP contribution in [0.4, 0.5) is 11.5 Å². The van der Waals surface area contributed by atoms with Crippen molar-refractivity contribution < 1.29 is 14.8 Å². The molecule has 7 nitrogen and oxygen atoms in total. The van der Waals surface area contributed by atoms with Crippen molar-refractivity contribution in [1.29, 1.82) is 0 Å². The molecule has 4 bridgehead atoms. The fraction of sp³-hybridized carbons (Fsp3) is 0.154. The SMILES string of the molecule is NC(=O)CCC(=O)NO.c1cc2nc3ccc2cc1N3. The van der Waals surface area contributed by atoms with Gasteiger partial charge in [0.05, 0.1) is 5.52 Å². The molecule has 0 radical (unpaired) electrons. The molecule has 20 heavy (non-hydrogen) atoms. The number of rotatable bonds is 3. The Bertz CT molecular complexity index is 616. The number of pyridine rings is 1. The molecule has 1 aromatic carbocycles. The number of hydrogen-bond acceptors (Lipinski definition) is 5. The Morgan fingerprint density at radius 3 is 2.75 bits per heavy atom. The first kappa shape index (κ1) is 13.8. The minimum absolute atomic E-state index is 0.0353. The van der Waals surface area contributed by atoms with Crippen LogP contribution in [0.1, 0.15) is 12.8 Å². The van der Waals surface area contributed by atoms with E-state index in [4.69, 9.17) is 10.9 Å². The largest absolute Gasteiger partial charge is 0.370 e. The van der Waals surface area contributed by atoms with Crippen molar-refractivity contribution >= 4 is 34.2 Å². The molecule has 1 aromatic heterocycles. The Hall–Kier alpha value is -2.67. The summed E-state index contributed by atoms with van der Waals surface area (Å²) in [7, 11) is 0. The van der Waals surface area contributed by atoms with Gasteiger partial charge in [-0.1, -0.05) is 0 Å². The second kappa shape index (κ2) is 5.98. The van der Waals surface area contributed by atoms with E-state index in [-0.39, 0.29) is 12.8 Å². The summed E-state index contributed by atoms with van der Waals surface area (Å²) in [5.41, 5.74) is 8.26. The van der Waals surface area contributed by atoms with E-state index in [9.17, 15) is 9.59 Å². The number of benzene rings is 1. The maximum Gasteiger partial charge on any atom is 0.243 e. The van der Waals surface area contributed by atoms with E-state index in [1.54, 1.807) is 0 Å². The molecule has 3 aliphatic heterocycles. The van der Waals surface area contributed by atoms with Gasteiger partial charge in [0.25, 0.3) is 0 Å². The molecule has 5 rings (SSSR count). The molecule has 0 saturated carbocycles. The Balaban J connectivity index is 0.000000152. The van der Waals surface area contributed by atoms with Crippen molar-refractivity contribution in [2.24, 2.45) is 5.73 Å². The monoisotopic (exact) mass is 274 g/mol. The number of primary amides is 1. The van der Waals surface area contributed by atoms with Gasteiger partial charge in [-0.05, 0) is 30.3 Å². The van der Waals surface area contributed by atoms with Crippen molar-refractivity contribution in [3.8, 4) is 0 Å². The first-order valence-electron chi connectivity index (χ1n) is 5.97. The highest BCUT2D eigenvalue weighted by Gasteiger charge is 2.05. The zero-order valence-electron chi connectivity index (χ0n) is 10.6. The van der Waals surface area contributed by atoms with Crippen LogP contribution in [0, 0.1) is 0 Å². The molecule has 7 heteroatoms. The topological polar surface area (TPSA) is 117 Å². The van der Waals surface area contributed by atoms with E-state index >= 15 is 0 Å². The lowest BCUT2D eigenvalue weighted by Gasteiger charge is -1.96. The molecule has 0 unspecified atom stereocenters. The number of aromatic nitrogens is 1. The second-order valence-electron chi connectivity index (χ2n) is 4.23. The highest BCUT2D eigenvalue weighted by atomic mass is 16.5. The smallest absolute Gasteiger partial charge is 0.243 e. The molecule has 4 heterocycles. The number of carbonyl (C=O) groups excluding carboxylic acids is 2. The van der Waals surface area contributed by atoms with Gasteiger partial charge in [0.15, 0.2) is 0 Å². The van der Waals surface area contributed by atoms with Crippen LogP contribution in [0.15, 0.2) is 30.3 Å². The fourth-order valence-electron chi connectivity index (χ4n) is 1.71. The van der Waals surface area contributed by atoms with E-state index in [1.165, 1.54) is 10.9 Å². The lowest BCUT2D eigenvalue weighted by atomic mass is 10.2. The molecule has 0 fully saturated rings.